The fourth-order valence-corrected chi connectivity index (χ4v) is 4.05. The van der Waals surface area contributed by atoms with Gasteiger partial charge in [-0.25, -0.2) is 12.8 Å². The van der Waals surface area contributed by atoms with Crippen LogP contribution < -0.4 is 10.6 Å². The first-order valence-corrected chi connectivity index (χ1v) is 9.72. The van der Waals surface area contributed by atoms with Crippen molar-refractivity contribution >= 4 is 21.7 Å². The molecule has 2 aromatic rings. The van der Waals surface area contributed by atoms with Gasteiger partial charge in [0.2, 0.25) is 5.91 Å². The van der Waals surface area contributed by atoms with Gasteiger partial charge >= 0.3 is 12.1 Å². The molecule has 0 aliphatic carbocycles. The van der Waals surface area contributed by atoms with Crippen LogP contribution in [0.2, 0.25) is 0 Å². The standard InChI is InChI=1S/C18H16F4N2O4S/c19-13-6-8-14(9-7-13)29(27,28)15(12-4-2-1-3-5-12)10-23-16(25)11-24-17(26)18(20,21)22/h1-9,15H,10-11H2,(H,23,25)(H,24,26). The number of amides is 2. The Bertz CT molecular complexity index is 962. The number of halogens is 4. The number of sulfone groups is 1. The van der Waals surface area contributed by atoms with Crippen LogP contribution in [0.1, 0.15) is 10.8 Å². The summed E-state index contributed by atoms with van der Waals surface area (Å²) < 4.78 is 75.5. The molecule has 0 saturated heterocycles. The molecule has 156 valence electrons. The Labute approximate surface area is 163 Å². The molecule has 0 aliphatic rings. The molecule has 1 unspecified atom stereocenters. The third kappa shape index (κ3) is 6.01. The van der Waals surface area contributed by atoms with E-state index >= 15 is 0 Å². The maximum absolute atomic E-state index is 13.1. The average molecular weight is 432 g/mol. The Morgan fingerprint density at radius 1 is 0.931 bits per heavy atom. The van der Waals surface area contributed by atoms with Gasteiger partial charge in [-0.05, 0) is 29.8 Å². The number of alkyl halides is 3. The molecule has 29 heavy (non-hydrogen) atoms. The lowest BCUT2D eigenvalue weighted by atomic mass is 10.1. The summed E-state index contributed by atoms with van der Waals surface area (Å²) >= 11 is 0. The maximum atomic E-state index is 13.1. The van der Waals surface area contributed by atoms with E-state index in [1.54, 1.807) is 18.2 Å². The van der Waals surface area contributed by atoms with Crippen LogP contribution in [-0.4, -0.2) is 39.5 Å². The molecule has 0 fully saturated rings. The molecule has 0 saturated carbocycles. The van der Waals surface area contributed by atoms with Crippen molar-refractivity contribution in [1.29, 1.82) is 0 Å². The normalized spacial score (nSPS) is 12.8. The van der Waals surface area contributed by atoms with Gasteiger partial charge in [0.1, 0.15) is 11.1 Å². The van der Waals surface area contributed by atoms with Gasteiger partial charge in [0.25, 0.3) is 0 Å². The fourth-order valence-electron chi connectivity index (χ4n) is 2.39. The number of hydrogen-bond donors (Lipinski definition) is 2. The number of hydrogen-bond acceptors (Lipinski definition) is 4. The van der Waals surface area contributed by atoms with E-state index in [1.165, 1.54) is 17.4 Å². The summed E-state index contributed by atoms with van der Waals surface area (Å²) in [7, 11) is -4.07. The van der Waals surface area contributed by atoms with Crippen LogP contribution in [0.3, 0.4) is 0 Å². The Balaban J connectivity index is 2.17. The van der Waals surface area contributed by atoms with E-state index in [1.807, 2.05) is 0 Å². The molecule has 0 radical (unpaired) electrons. The highest BCUT2D eigenvalue weighted by Crippen LogP contribution is 2.28. The molecule has 2 amide bonds. The summed E-state index contributed by atoms with van der Waals surface area (Å²) in [5, 5.41) is 2.32. The van der Waals surface area contributed by atoms with Gasteiger partial charge in [-0.3, -0.25) is 9.59 Å². The van der Waals surface area contributed by atoms with Crippen molar-refractivity contribution in [2.24, 2.45) is 0 Å². The highest BCUT2D eigenvalue weighted by molar-refractivity contribution is 7.91. The summed E-state index contributed by atoms with van der Waals surface area (Å²) in [6, 6.07) is 11.9. The molecule has 2 aromatic carbocycles. The van der Waals surface area contributed by atoms with Crippen LogP contribution in [0.25, 0.3) is 0 Å². The van der Waals surface area contributed by atoms with Crippen molar-refractivity contribution in [3.8, 4) is 0 Å². The molecule has 2 N–H and O–H groups in total. The molecular formula is C18H16F4N2O4S. The molecular weight excluding hydrogens is 416 g/mol. The lowest BCUT2D eigenvalue weighted by molar-refractivity contribution is -0.173. The van der Waals surface area contributed by atoms with E-state index < -0.39 is 52.0 Å². The zero-order valence-electron chi connectivity index (χ0n) is 14.7. The highest BCUT2D eigenvalue weighted by Gasteiger charge is 2.38. The van der Waals surface area contributed by atoms with Gasteiger partial charge in [0.05, 0.1) is 11.4 Å². The molecule has 0 aromatic heterocycles. The number of nitrogens with one attached hydrogen (secondary N) is 2. The molecule has 0 bridgehead atoms. The van der Waals surface area contributed by atoms with Crippen molar-refractivity contribution in [3.63, 3.8) is 0 Å². The number of benzene rings is 2. The van der Waals surface area contributed by atoms with Crippen LogP contribution >= 0.6 is 0 Å². The van der Waals surface area contributed by atoms with Crippen LogP contribution in [0.5, 0.6) is 0 Å². The minimum absolute atomic E-state index is 0.188. The van der Waals surface area contributed by atoms with Crippen LogP contribution in [0.15, 0.2) is 59.5 Å². The van der Waals surface area contributed by atoms with Gasteiger partial charge in [-0.1, -0.05) is 30.3 Å². The minimum atomic E-state index is -5.14. The molecule has 1 atom stereocenters. The Kier molecular flexibility index (Phi) is 6.96. The molecule has 0 spiro atoms. The Hall–Kier alpha value is -2.95. The van der Waals surface area contributed by atoms with E-state index in [0.717, 1.165) is 24.3 Å². The predicted molar refractivity (Wildman–Crippen MR) is 94.8 cm³/mol. The van der Waals surface area contributed by atoms with Crippen molar-refractivity contribution < 1.29 is 35.6 Å². The van der Waals surface area contributed by atoms with Crippen molar-refractivity contribution in [3.05, 3.63) is 66.0 Å². The van der Waals surface area contributed by atoms with Crippen LogP contribution in [-0.2, 0) is 19.4 Å². The first-order chi connectivity index (χ1) is 13.5. The topological polar surface area (TPSA) is 92.3 Å². The first kappa shape index (κ1) is 22.3. The lowest BCUT2D eigenvalue weighted by Crippen LogP contribution is -2.44. The zero-order chi connectivity index (χ0) is 21.7. The third-order valence-electron chi connectivity index (χ3n) is 3.84. The van der Waals surface area contributed by atoms with Crippen molar-refractivity contribution in [2.45, 2.75) is 16.3 Å². The molecule has 0 heterocycles. The highest BCUT2D eigenvalue weighted by atomic mass is 32.2. The van der Waals surface area contributed by atoms with Gasteiger partial charge in [0, 0.05) is 6.54 Å². The number of carbonyl (C=O) groups is 2. The first-order valence-electron chi connectivity index (χ1n) is 8.18. The van der Waals surface area contributed by atoms with Crippen molar-refractivity contribution in [1.82, 2.24) is 10.6 Å². The van der Waals surface area contributed by atoms with E-state index in [4.69, 9.17) is 0 Å². The second-order valence-electron chi connectivity index (χ2n) is 5.88. The second-order valence-corrected chi connectivity index (χ2v) is 8.01. The largest absolute Gasteiger partial charge is 0.471 e. The van der Waals surface area contributed by atoms with E-state index in [-0.39, 0.29) is 4.90 Å². The van der Waals surface area contributed by atoms with Gasteiger partial charge in [-0.2, -0.15) is 13.2 Å². The lowest BCUT2D eigenvalue weighted by Gasteiger charge is -2.19. The van der Waals surface area contributed by atoms with Gasteiger partial charge < -0.3 is 10.6 Å². The van der Waals surface area contributed by atoms with Gasteiger partial charge in [0.15, 0.2) is 9.84 Å². The summed E-state index contributed by atoms with van der Waals surface area (Å²) in [5.74, 6) is -3.92. The second kappa shape index (κ2) is 9.03. The molecule has 0 aliphatic heterocycles. The molecule has 2 rings (SSSR count). The molecule has 11 heteroatoms. The predicted octanol–water partition coefficient (Wildman–Crippen LogP) is 2.14. The quantitative estimate of drug-likeness (QED) is 0.518. The summed E-state index contributed by atoms with van der Waals surface area (Å²) in [6.07, 6.45) is -5.14. The van der Waals surface area contributed by atoms with Gasteiger partial charge in [-0.15, -0.1) is 0 Å². The Morgan fingerprint density at radius 3 is 2.07 bits per heavy atom. The number of rotatable bonds is 7. The fraction of sp³-hybridized carbons (Fsp3) is 0.222. The number of carbonyl (C=O) groups excluding carboxylic acids is 2. The SMILES string of the molecule is O=C(CNC(=O)C(F)(F)F)NCC(c1ccccc1)S(=O)(=O)c1ccc(F)cc1. The minimum Gasteiger partial charge on any atom is -0.353 e. The smallest absolute Gasteiger partial charge is 0.353 e. The summed E-state index contributed by atoms with van der Waals surface area (Å²) in [4.78, 5) is 22.4. The third-order valence-corrected chi connectivity index (χ3v) is 5.96. The van der Waals surface area contributed by atoms with E-state index in [2.05, 4.69) is 5.32 Å². The van der Waals surface area contributed by atoms with E-state index in [9.17, 15) is 35.6 Å². The van der Waals surface area contributed by atoms with Crippen LogP contribution in [0, 0.1) is 5.82 Å². The monoisotopic (exact) mass is 432 g/mol. The Morgan fingerprint density at radius 2 is 1.52 bits per heavy atom. The van der Waals surface area contributed by atoms with E-state index in [0.29, 0.717) is 5.56 Å². The van der Waals surface area contributed by atoms with Crippen LogP contribution in [0.4, 0.5) is 17.6 Å². The summed E-state index contributed by atoms with van der Waals surface area (Å²) in [6.45, 7) is -1.44. The molecule has 6 nitrogen and oxygen atoms in total. The van der Waals surface area contributed by atoms with Crippen molar-refractivity contribution in [2.75, 3.05) is 13.1 Å². The zero-order valence-corrected chi connectivity index (χ0v) is 15.6. The average Bonchev–Trinajstić information content (AvgIpc) is 2.66. The summed E-state index contributed by atoms with van der Waals surface area (Å²) in [5.41, 5.74) is 0.316. The maximum Gasteiger partial charge on any atom is 0.471 e.